The number of hydrogen-bond acceptors (Lipinski definition) is 10. The lowest BCUT2D eigenvalue weighted by Crippen LogP contribution is -2.34. The molecule has 1 unspecified atom stereocenters. The van der Waals surface area contributed by atoms with Gasteiger partial charge in [-0.2, -0.15) is 0 Å². The van der Waals surface area contributed by atoms with Crippen LogP contribution in [0.3, 0.4) is 0 Å². The number of ether oxygens (including phenoxy) is 6. The van der Waals surface area contributed by atoms with Crippen LogP contribution < -0.4 is 9.47 Å². The molecule has 0 aromatic heterocycles. The maximum atomic E-state index is 8.58. The lowest BCUT2D eigenvalue weighted by Gasteiger charge is -2.36. The monoisotopic (exact) mass is 613 g/mol. The second-order valence-corrected chi connectivity index (χ2v) is 11.4. The standard InChI is InChI=1S/C20H36NO5P.C11H16O4/c1-15(2)21(16(3)4)27(26-17(5)6)25-14-13-24-19-11-9-18(10-12-19)20(22-7)23-8;1-13-11(14-2)9-3-5-10(6-4-9)15-8-7-12/h9-12,15-17,20H,13-14H2,1-8H3;3-6,11-12H,7-8H2,1-2H3. The van der Waals surface area contributed by atoms with Crippen molar-refractivity contribution >= 4 is 8.53 Å². The summed E-state index contributed by atoms with van der Waals surface area (Å²) in [7, 11) is 5.29. The highest BCUT2D eigenvalue weighted by atomic mass is 31.2. The molecule has 2 aromatic carbocycles. The van der Waals surface area contributed by atoms with Gasteiger partial charge in [-0.05, 0) is 65.8 Å². The fourth-order valence-corrected chi connectivity index (χ4v) is 5.57. The SMILES string of the molecule is COC(OC)c1ccc(OCCO)cc1.COC(OC)c1ccc(OCCOP(OC(C)C)N(C(C)C)C(C)C)cc1. The minimum absolute atomic E-state index is 0.0144. The Bertz CT molecular complexity index is 913. The predicted molar refractivity (Wildman–Crippen MR) is 166 cm³/mol. The van der Waals surface area contributed by atoms with Crippen LogP contribution in [0, 0.1) is 0 Å². The third-order valence-corrected chi connectivity index (χ3v) is 7.93. The molecule has 240 valence electrons. The molecule has 0 bridgehead atoms. The van der Waals surface area contributed by atoms with Gasteiger partial charge < -0.3 is 42.6 Å². The number of benzene rings is 2. The van der Waals surface area contributed by atoms with Gasteiger partial charge in [0, 0.05) is 51.6 Å². The molecule has 1 N–H and O–H groups in total. The molecule has 1 atom stereocenters. The summed E-state index contributed by atoms with van der Waals surface area (Å²) >= 11 is 0. The van der Waals surface area contributed by atoms with Crippen LogP contribution in [-0.2, 0) is 28.0 Å². The Hall–Kier alpha value is -1.85. The molecule has 10 nitrogen and oxygen atoms in total. The van der Waals surface area contributed by atoms with E-state index in [9.17, 15) is 0 Å². The topological polar surface area (TPSA) is 97.3 Å². The van der Waals surface area contributed by atoms with Crippen LogP contribution in [0.15, 0.2) is 48.5 Å². The van der Waals surface area contributed by atoms with Crippen molar-refractivity contribution in [1.82, 2.24) is 4.67 Å². The van der Waals surface area contributed by atoms with Gasteiger partial charge in [-0.25, -0.2) is 4.67 Å². The molecule has 2 aromatic rings. The molecule has 0 saturated carbocycles. The average molecular weight is 614 g/mol. The van der Waals surface area contributed by atoms with Crippen LogP contribution >= 0.6 is 8.53 Å². The summed E-state index contributed by atoms with van der Waals surface area (Å²) in [5.41, 5.74) is 1.87. The molecule has 0 fully saturated rings. The van der Waals surface area contributed by atoms with E-state index in [0.717, 1.165) is 22.6 Å². The average Bonchev–Trinajstić information content (AvgIpc) is 2.96. The van der Waals surface area contributed by atoms with E-state index < -0.39 is 8.53 Å². The van der Waals surface area contributed by atoms with Crippen molar-refractivity contribution < 1.29 is 42.6 Å². The van der Waals surface area contributed by atoms with Crippen LogP contribution in [0.25, 0.3) is 0 Å². The first kappa shape index (κ1) is 38.2. The molecule has 42 heavy (non-hydrogen) atoms. The molecule has 2 rings (SSSR count). The summed E-state index contributed by atoms with van der Waals surface area (Å²) in [6.07, 6.45) is -0.604. The lowest BCUT2D eigenvalue weighted by atomic mass is 10.2. The second kappa shape index (κ2) is 21.8. The Morgan fingerprint density at radius 1 is 0.619 bits per heavy atom. The van der Waals surface area contributed by atoms with E-state index in [1.807, 2.05) is 62.4 Å². The fraction of sp³-hybridized carbons (Fsp3) is 0.613. The summed E-state index contributed by atoms with van der Waals surface area (Å²) in [6, 6.07) is 15.7. The zero-order valence-corrected chi connectivity index (χ0v) is 27.8. The molecule has 0 spiro atoms. The van der Waals surface area contributed by atoms with E-state index in [4.69, 9.17) is 42.6 Å². The van der Waals surface area contributed by atoms with E-state index >= 15 is 0 Å². The van der Waals surface area contributed by atoms with Crippen molar-refractivity contribution in [1.29, 1.82) is 0 Å². The third-order valence-electron chi connectivity index (χ3n) is 5.62. The molecule has 0 saturated heterocycles. The highest BCUT2D eigenvalue weighted by Gasteiger charge is 2.28. The van der Waals surface area contributed by atoms with Gasteiger partial charge in [0.15, 0.2) is 12.6 Å². The normalized spacial score (nSPS) is 12.4. The Balaban J connectivity index is 0.000000495. The van der Waals surface area contributed by atoms with Gasteiger partial charge in [0.05, 0.1) is 19.3 Å². The number of hydrogen-bond donors (Lipinski definition) is 1. The van der Waals surface area contributed by atoms with Gasteiger partial charge in [-0.1, -0.05) is 24.3 Å². The Labute approximate surface area is 254 Å². The van der Waals surface area contributed by atoms with Crippen LogP contribution in [-0.4, -0.2) is 82.8 Å². The number of aliphatic hydroxyl groups excluding tert-OH is 1. The molecular weight excluding hydrogens is 561 g/mol. The van der Waals surface area contributed by atoms with Gasteiger partial charge >= 0.3 is 0 Å². The minimum atomic E-state index is -1.12. The van der Waals surface area contributed by atoms with E-state index in [2.05, 4.69) is 32.4 Å². The molecule has 0 aliphatic carbocycles. The molecular formula is C31H52NO9P. The highest BCUT2D eigenvalue weighted by molar-refractivity contribution is 7.44. The van der Waals surface area contributed by atoms with Gasteiger partial charge in [0.25, 0.3) is 8.53 Å². The second-order valence-electron chi connectivity index (χ2n) is 9.96. The van der Waals surface area contributed by atoms with Gasteiger partial charge in [0.2, 0.25) is 0 Å². The molecule has 0 aliphatic rings. The summed E-state index contributed by atoms with van der Waals surface area (Å²) < 4.78 is 46.1. The van der Waals surface area contributed by atoms with Crippen LogP contribution in [0.4, 0.5) is 0 Å². The number of aliphatic hydroxyl groups is 1. The van der Waals surface area contributed by atoms with E-state index in [1.165, 1.54) is 0 Å². The Morgan fingerprint density at radius 3 is 1.36 bits per heavy atom. The van der Waals surface area contributed by atoms with Gasteiger partial charge in [0.1, 0.15) is 24.7 Å². The smallest absolute Gasteiger partial charge is 0.259 e. The van der Waals surface area contributed by atoms with Gasteiger partial charge in [-0.15, -0.1) is 0 Å². The number of rotatable bonds is 19. The van der Waals surface area contributed by atoms with E-state index in [1.54, 1.807) is 28.4 Å². The van der Waals surface area contributed by atoms with Crippen molar-refractivity contribution in [2.75, 3.05) is 54.9 Å². The van der Waals surface area contributed by atoms with Crippen molar-refractivity contribution in [2.24, 2.45) is 0 Å². The first-order valence-corrected chi connectivity index (χ1v) is 15.3. The van der Waals surface area contributed by atoms with Crippen molar-refractivity contribution in [3.8, 4) is 11.5 Å². The lowest BCUT2D eigenvalue weighted by molar-refractivity contribution is -0.106. The Kier molecular flexibility index (Phi) is 19.8. The van der Waals surface area contributed by atoms with Gasteiger partial charge in [-0.3, -0.25) is 0 Å². The predicted octanol–water partition coefficient (Wildman–Crippen LogP) is 6.49. The highest BCUT2D eigenvalue weighted by Crippen LogP contribution is 2.46. The first-order valence-electron chi connectivity index (χ1n) is 14.2. The molecule has 0 amide bonds. The van der Waals surface area contributed by atoms with Crippen molar-refractivity contribution in [2.45, 2.75) is 72.3 Å². The molecule has 0 aliphatic heterocycles. The fourth-order valence-electron chi connectivity index (χ4n) is 3.92. The van der Waals surface area contributed by atoms with Crippen LogP contribution in [0.1, 0.15) is 65.2 Å². The van der Waals surface area contributed by atoms with Crippen LogP contribution in [0.2, 0.25) is 0 Å². The van der Waals surface area contributed by atoms with E-state index in [0.29, 0.717) is 31.9 Å². The summed E-state index contributed by atoms with van der Waals surface area (Å²) in [6.45, 7) is 13.9. The molecule has 0 heterocycles. The summed E-state index contributed by atoms with van der Waals surface area (Å²) in [5, 5.41) is 8.58. The van der Waals surface area contributed by atoms with Crippen molar-refractivity contribution in [3.63, 3.8) is 0 Å². The number of methoxy groups -OCH3 is 4. The Morgan fingerprint density at radius 2 is 1.02 bits per heavy atom. The zero-order valence-electron chi connectivity index (χ0n) is 26.9. The summed E-state index contributed by atoms with van der Waals surface area (Å²) in [5.74, 6) is 1.51. The molecule has 11 heteroatoms. The summed E-state index contributed by atoms with van der Waals surface area (Å²) in [4.78, 5) is 0. The van der Waals surface area contributed by atoms with E-state index in [-0.39, 0.29) is 25.3 Å². The number of nitrogens with zero attached hydrogens (tertiary/aromatic N) is 1. The maximum absolute atomic E-state index is 8.58. The first-order chi connectivity index (χ1) is 20.1. The largest absolute Gasteiger partial charge is 0.491 e. The maximum Gasteiger partial charge on any atom is 0.259 e. The molecule has 0 radical (unpaired) electrons. The quantitative estimate of drug-likeness (QED) is 0.108. The third kappa shape index (κ3) is 14.1. The zero-order chi connectivity index (χ0) is 31.5. The van der Waals surface area contributed by atoms with Crippen molar-refractivity contribution in [3.05, 3.63) is 59.7 Å². The van der Waals surface area contributed by atoms with Crippen LogP contribution in [0.5, 0.6) is 11.5 Å². The minimum Gasteiger partial charge on any atom is -0.491 e.